The average molecular weight is 262 g/mol. The van der Waals surface area contributed by atoms with Crippen LogP contribution in [0.5, 0.6) is 0 Å². The first-order chi connectivity index (χ1) is 9.15. The topological polar surface area (TPSA) is 78.4 Å². The van der Waals surface area contributed by atoms with E-state index in [1.165, 1.54) is 0 Å². The summed E-state index contributed by atoms with van der Waals surface area (Å²) in [5, 5.41) is 14.8. The zero-order valence-electron chi connectivity index (χ0n) is 10.6. The fourth-order valence-corrected chi connectivity index (χ4v) is 2.06. The molecule has 0 bridgehead atoms. The number of carboxylic acids is 1. The maximum absolute atomic E-state index is 11.7. The van der Waals surface area contributed by atoms with Crippen LogP contribution in [-0.2, 0) is 16.0 Å². The van der Waals surface area contributed by atoms with E-state index in [1.807, 2.05) is 30.3 Å². The number of carbonyl (C=O) groups is 2. The molecule has 5 nitrogen and oxygen atoms in total. The average Bonchev–Trinajstić information content (AvgIpc) is 2.34. The molecule has 1 fully saturated rings. The molecule has 1 aliphatic heterocycles. The number of hydrogen-bond donors (Lipinski definition) is 3. The molecular formula is C14H18N2O3. The lowest BCUT2D eigenvalue weighted by Crippen LogP contribution is -2.47. The first-order valence-corrected chi connectivity index (χ1v) is 6.42. The molecule has 0 unspecified atom stereocenters. The van der Waals surface area contributed by atoms with Crippen molar-refractivity contribution in [2.75, 3.05) is 13.1 Å². The highest BCUT2D eigenvalue weighted by Gasteiger charge is 2.24. The normalized spacial score (nSPS) is 16.4. The summed E-state index contributed by atoms with van der Waals surface area (Å²) in [6, 6.07) is 8.45. The molecule has 0 aromatic heterocycles. The standard InChI is InChI=1S/C14H18N2O3/c17-13(7-11-8-15-9-11)16-12(14(18)19)6-10-4-2-1-3-5-10/h1-5,11-12,15H,6-9H2,(H,16,17)(H,18,19)/t12-/m0/s1. The SMILES string of the molecule is O=C(CC1CNC1)N[C@@H](Cc1ccccc1)C(=O)O. The van der Waals surface area contributed by atoms with Crippen molar-refractivity contribution >= 4 is 11.9 Å². The Kier molecular flexibility index (Phi) is 4.52. The highest BCUT2D eigenvalue weighted by Crippen LogP contribution is 2.09. The quantitative estimate of drug-likeness (QED) is 0.694. The number of amides is 1. The Labute approximate surface area is 112 Å². The number of aliphatic carboxylic acids is 1. The highest BCUT2D eigenvalue weighted by atomic mass is 16.4. The van der Waals surface area contributed by atoms with Crippen molar-refractivity contribution in [3.05, 3.63) is 35.9 Å². The van der Waals surface area contributed by atoms with Crippen molar-refractivity contribution in [2.45, 2.75) is 18.9 Å². The summed E-state index contributed by atoms with van der Waals surface area (Å²) in [7, 11) is 0. The monoisotopic (exact) mass is 262 g/mol. The van der Waals surface area contributed by atoms with E-state index in [2.05, 4.69) is 10.6 Å². The van der Waals surface area contributed by atoms with E-state index in [0.29, 0.717) is 18.8 Å². The minimum absolute atomic E-state index is 0.185. The van der Waals surface area contributed by atoms with Gasteiger partial charge in [0.05, 0.1) is 0 Å². The first kappa shape index (κ1) is 13.5. The van der Waals surface area contributed by atoms with Gasteiger partial charge in [-0.15, -0.1) is 0 Å². The highest BCUT2D eigenvalue weighted by molar-refractivity contribution is 5.83. The molecule has 1 heterocycles. The van der Waals surface area contributed by atoms with Crippen LogP contribution in [0.2, 0.25) is 0 Å². The van der Waals surface area contributed by atoms with Gasteiger partial charge in [-0.05, 0) is 24.6 Å². The first-order valence-electron chi connectivity index (χ1n) is 6.42. The molecule has 1 aromatic rings. The van der Waals surface area contributed by atoms with Gasteiger partial charge < -0.3 is 15.7 Å². The Morgan fingerprint density at radius 2 is 2.00 bits per heavy atom. The van der Waals surface area contributed by atoms with Crippen LogP contribution in [0.15, 0.2) is 30.3 Å². The van der Waals surface area contributed by atoms with Gasteiger partial charge in [-0.3, -0.25) is 4.79 Å². The predicted molar refractivity (Wildman–Crippen MR) is 70.7 cm³/mol. The third-order valence-corrected chi connectivity index (χ3v) is 3.26. The molecule has 2 rings (SSSR count). The van der Waals surface area contributed by atoms with Gasteiger partial charge in [-0.25, -0.2) is 4.79 Å². The van der Waals surface area contributed by atoms with E-state index in [-0.39, 0.29) is 5.91 Å². The lowest BCUT2D eigenvalue weighted by Gasteiger charge is -2.27. The number of rotatable bonds is 6. The molecule has 1 saturated heterocycles. The maximum atomic E-state index is 11.7. The number of carboxylic acid groups (broad SMARTS) is 1. The van der Waals surface area contributed by atoms with Gasteiger partial charge in [-0.1, -0.05) is 30.3 Å². The third-order valence-electron chi connectivity index (χ3n) is 3.26. The Balaban J connectivity index is 1.88. The molecule has 1 atom stereocenters. The van der Waals surface area contributed by atoms with Crippen LogP contribution in [0, 0.1) is 5.92 Å². The number of hydrogen-bond acceptors (Lipinski definition) is 3. The molecule has 19 heavy (non-hydrogen) atoms. The fourth-order valence-electron chi connectivity index (χ4n) is 2.06. The molecule has 0 spiro atoms. The van der Waals surface area contributed by atoms with Gasteiger partial charge in [-0.2, -0.15) is 0 Å². The van der Waals surface area contributed by atoms with E-state index in [1.54, 1.807) is 0 Å². The summed E-state index contributed by atoms with van der Waals surface area (Å²) in [4.78, 5) is 22.9. The van der Waals surface area contributed by atoms with Gasteiger partial charge in [0.2, 0.25) is 5.91 Å². The number of carbonyl (C=O) groups excluding carboxylic acids is 1. The van der Waals surface area contributed by atoms with Gasteiger partial charge in [0.1, 0.15) is 6.04 Å². The van der Waals surface area contributed by atoms with E-state index < -0.39 is 12.0 Å². The van der Waals surface area contributed by atoms with E-state index in [9.17, 15) is 9.59 Å². The van der Waals surface area contributed by atoms with Gasteiger partial charge in [0.25, 0.3) is 0 Å². The molecule has 102 valence electrons. The van der Waals surface area contributed by atoms with E-state index in [0.717, 1.165) is 18.7 Å². The summed E-state index contributed by atoms with van der Waals surface area (Å²) in [5.41, 5.74) is 0.903. The van der Waals surface area contributed by atoms with Crippen molar-refractivity contribution in [2.24, 2.45) is 5.92 Å². The molecule has 0 aliphatic carbocycles. The number of benzene rings is 1. The zero-order valence-corrected chi connectivity index (χ0v) is 10.6. The fraction of sp³-hybridized carbons (Fsp3) is 0.429. The van der Waals surface area contributed by atoms with Crippen molar-refractivity contribution in [1.29, 1.82) is 0 Å². The second kappa shape index (κ2) is 6.33. The van der Waals surface area contributed by atoms with Gasteiger partial charge in [0.15, 0.2) is 0 Å². The van der Waals surface area contributed by atoms with Gasteiger partial charge >= 0.3 is 5.97 Å². The molecule has 0 saturated carbocycles. The van der Waals surface area contributed by atoms with Crippen LogP contribution >= 0.6 is 0 Å². The Morgan fingerprint density at radius 1 is 1.32 bits per heavy atom. The van der Waals surface area contributed by atoms with Crippen LogP contribution in [-0.4, -0.2) is 36.1 Å². The second-order valence-electron chi connectivity index (χ2n) is 4.88. The Morgan fingerprint density at radius 3 is 2.53 bits per heavy atom. The second-order valence-corrected chi connectivity index (χ2v) is 4.88. The number of nitrogens with one attached hydrogen (secondary N) is 2. The summed E-state index contributed by atoms with van der Waals surface area (Å²) >= 11 is 0. The predicted octanol–water partition coefficient (Wildman–Crippen LogP) is 0.408. The smallest absolute Gasteiger partial charge is 0.326 e. The molecule has 1 aromatic carbocycles. The summed E-state index contributed by atoms with van der Waals surface area (Å²) in [6.45, 7) is 1.67. The summed E-state index contributed by atoms with van der Waals surface area (Å²) in [6.07, 6.45) is 0.705. The van der Waals surface area contributed by atoms with Crippen molar-refractivity contribution in [3.63, 3.8) is 0 Å². The minimum Gasteiger partial charge on any atom is -0.480 e. The molecule has 0 radical (unpaired) electrons. The largest absolute Gasteiger partial charge is 0.480 e. The van der Waals surface area contributed by atoms with Crippen LogP contribution in [0.3, 0.4) is 0 Å². The summed E-state index contributed by atoms with van der Waals surface area (Å²) < 4.78 is 0. The van der Waals surface area contributed by atoms with Crippen molar-refractivity contribution in [3.8, 4) is 0 Å². The molecule has 5 heteroatoms. The summed E-state index contributed by atoms with van der Waals surface area (Å²) in [5.74, 6) is -0.843. The minimum atomic E-state index is -0.996. The van der Waals surface area contributed by atoms with E-state index in [4.69, 9.17) is 5.11 Å². The zero-order chi connectivity index (χ0) is 13.7. The van der Waals surface area contributed by atoms with Crippen molar-refractivity contribution in [1.82, 2.24) is 10.6 Å². The van der Waals surface area contributed by atoms with Crippen LogP contribution in [0.25, 0.3) is 0 Å². The van der Waals surface area contributed by atoms with Crippen molar-refractivity contribution < 1.29 is 14.7 Å². The van der Waals surface area contributed by atoms with E-state index >= 15 is 0 Å². The Hall–Kier alpha value is -1.88. The Bertz CT molecular complexity index is 443. The maximum Gasteiger partial charge on any atom is 0.326 e. The molecule has 1 aliphatic rings. The lowest BCUT2D eigenvalue weighted by molar-refractivity contribution is -0.142. The lowest BCUT2D eigenvalue weighted by atomic mass is 9.98. The molecule has 3 N–H and O–H groups in total. The van der Waals surface area contributed by atoms with Crippen LogP contribution < -0.4 is 10.6 Å². The third kappa shape index (κ3) is 4.06. The molecular weight excluding hydrogens is 244 g/mol. The molecule has 1 amide bonds. The van der Waals surface area contributed by atoms with Gasteiger partial charge in [0, 0.05) is 12.8 Å². The van der Waals surface area contributed by atoms with Crippen LogP contribution in [0.1, 0.15) is 12.0 Å². The van der Waals surface area contributed by atoms with Crippen LogP contribution in [0.4, 0.5) is 0 Å².